The summed E-state index contributed by atoms with van der Waals surface area (Å²) in [7, 11) is 0. The van der Waals surface area contributed by atoms with Crippen molar-refractivity contribution in [2.75, 3.05) is 0 Å². The maximum atomic E-state index is 12.8. The van der Waals surface area contributed by atoms with Gasteiger partial charge in [0.15, 0.2) is 6.29 Å². The Kier molecular flexibility index (Phi) is 4.60. The molecule has 0 fully saturated rings. The molecular formula is C9H6F8O3. The number of halogens is 8. The second kappa shape index (κ2) is 5.02. The first-order chi connectivity index (χ1) is 8.64. The average Bonchev–Trinajstić information content (AvgIpc) is 2.27. The van der Waals surface area contributed by atoms with E-state index in [0.717, 1.165) is 0 Å². The van der Waals surface area contributed by atoms with Gasteiger partial charge in [-0.3, -0.25) is 4.79 Å². The van der Waals surface area contributed by atoms with Crippen LogP contribution in [0.25, 0.3) is 0 Å². The highest BCUT2D eigenvalue weighted by molar-refractivity contribution is 5.87. The molecule has 0 unspecified atom stereocenters. The summed E-state index contributed by atoms with van der Waals surface area (Å²) in [5.74, 6) is -21.9. The lowest BCUT2D eigenvalue weighted by Crippen LogP contribution is -2.63. The van der Waals surface area contributed by atoms with Crippen molar-refractivity contribution >= 4 is 12.3 Å². The van der Waals surface area contributed by atoms with Crippen LogP contribution in [0.5, 0.6) is 0 Å². The lowest BCUT2D eigenvalue weighted by atomic mass is 10.0. The molecule has 20 heavy (non-hydrogen) atoms. The van der Waals surface area contributed by atoms with Gasteiger partial charge in [0.25, 0.3) is 0 Å². The predicted molar refractivity (Wildman–Crippen MR) is 46.8 cm³/mol. The summed E-state index contributed by atoms with van der Waals surface area (Å²) in [6.07, 6.45) is -8.21. The molecule has 0 aliphatic heterocycles. The summed E-state index contributed by atoms with van der Waals surface area (Å²) < 4.78 is 104. The van der Waals surface area contributed by atoms with Crippen LogP contribution >= 0.6 is 0 Å². The number of esters is 1. The summed E-state index contributed by atoms with van der Waals surface area (Å²) in [4.78, 5) is 20.3. The normalized spacial score (nSPS) is 13.8. The van der Waals surface area contributed by atoms with E-state index >= 15 is 0 Å². The van der Waals surface area contributed by atoms with Crippen LogP contribution in [0.2, 0.25) is 0 Å². The smallest absolute Gasteiger partial charge is 0.393 e. The second-order valence-corrected chi connectivity index (χ2v) is 3.58. The minimum absolute atomic E-state index is 0.717. The maximum absolute atomic E-state index is 12.8. The van der Waals surface area contributed by atoms with E-state index in [0.29, 0.717) is 6.92 Å². The molecule has 0 aromatic carbocycles. The first kappa shape index (κ1) is 18.3. The van der Waals surface area contributed by atoms with E-state index in [4.69, 9.17) is 0 Å². The van der Waals surface area contributed by atoms with E-state index in [1.807, 2.05) is 0 Å². The lowest BCUT2D eigenvalue weighted by Gasteiger charge is -2.33. The molecule has 116 valence electrons. The first-order valence-electron chi connectivity index (χ1n) is 4.50. The highest BCUT2D eigenvalue weighted by atomic mass is 19.4. The predicted octanol–water partition coefficient (Wildman–Crippen LogP) is 2.80. The summed E-state index contributed by atoms with van der Waals surface area (Å²) in [5.41, 5.74) is -0.870. The van der Waals surface area contributed by atoms with Crippen molar-refractivity contribution in [3.8, 4) is 0 Å². The third-order valence-corrected chi connectivity index (χ3v) is 1.90. The fourth-order valence-corrected chi connectivity index (χ4v) is 0.734. The Morgan fingerprint density at radius 2 is 1.40 bits per heavy atom. The molecule has 0 spiro atoms. The minimum Gasteiger partial charge on any atom is -0.393 e. The molecule has 0 rings (SSSR count). The van der Waals surface area contributed by atoms with Gasteiger partial charge in [-0.25, -0.2) is 4.79 Å². The Labute approximate surface area is 106 Å². The molecule has 3 nitrogen and oxygen atoms in total. The van der Waals surface area contributed by atoms with Gasteiger partial charge < -0.3 is 4.74 Å². The monoisotopic (exact) mass is 314 g/mol. The zero-order valence-corrected chi connectivity index (χ0v) is 9.53. The van der Waals surface area contributed by atoms with Crippen LogP contribution in [0.3, 0.4) is 0 Å². The van der Waals surface area contributed by atoms with Gasteiger partial charge in [0.2, 0.25) is 0 Å². The number of hydrogen-bond donors (Lipinski definition) is 0. The van der Waals surface area contributed by atoms with Crippen LogP contribution in [0, 0.1) is 0 Å². The molecule has 11 heteroatoms. The van der Waals surface area contributed by atoms with Gasteiger partial charge in [0, 0.05) is 5.57 Å². The van der Waals surface area contributed by atoms with Crippen LogP contribution in [-0.4, -0.2) is 36.1 Å². The van der Waals surface area contributed by atoms with Crippen molar-refractivity contribution in [1.82, 2.24) is 0 Å². The van der Waals surface area contributed by atoms with Gasteiger partial charge in [-0.15, -0.1) is 0 Å². The van der Waals surface area contributed by atoms with E-state index in [-0.39, 0.29) is 0 Å². The third kappa shape index (κ3) is 2.75. The van der Waals surface area contributed by atoms with Crippen LogP contribution in [-0.2, 0) is 14.3 Å². The Balaban J connectivity index is 5.66. The summed E-state index contributed by atoms with van der Waals surface area (Å²) in [6.45, 7) is 3.42. The average molecular weight is 314 g/mol. The van der Waals surface area contributed by atoms with E-state index in [2.05, 4.69) is 11.3 Å². The fourth-order valence-electron chi connectivity index (χ4n) is 0.734. The highest BCUT2D eigenvalue weighted by Gasteiger charge is 2.83. The van der Waals surface area contributed by atoms with Crippen LogP contribution in [0.15, 0.2) is 12.2 Å². The number of carbonyl (C=O) groups is 2. The van der Waals surface area contributed by atoms with Gasteiger partial charge in [-0.2, -0.15) is 35.1 Å². The zero-order chi connectivity index (χ0) is 16.6. The Morgan fingerprint density at radius 1 is 1.00 bits per heavy atom. The molecule has 0 radical (unpaired) electrons. The molecule has 0 aliphatic rings. The number of alkyl halides is 8. The van der Waals surface area contributed by atoms with E-state index in [9.17, 15) is 44.7 Å². The molecule has 0 saturated heterocycles. The molecule has 0 N–H and O–H groups in total. The van der Waals surface area contributed by atoms with Gasteiger partial charge in [0.05, 0.1) is 0 Å². The quantitative estimate of drug-likeness (QED) is 0.328. The highest BCUT2D eigenvalue weighted by Crippen LogP contribution is 2.52. The largest absolute Gasteiger partial charge is 0.473 e. The van der Waals surface area contributed by atoms with Gasteiger partial charge in [-0.05, 0) is 6.92 Å². The maximum Gasteiger partial charge on any atom is 0.473 e. The Morgan fingerprint density at radius 3 is 1.70 bits per heavy atom. The Bertz CT molecular complexity index is 429. The minimum atomic E-state index is -6.84. The molecule has 0 bridgehead atoms. The zero-order valence-electron chi connectivity index (χ0n) is 9.53. The molecule has 0 saturated carbocycles. The van der Waals surface area contributed by atoms with Gasteiger partial charge in [0.1, 0.15) is 0 Å². The van der Waals surface area contributed by atoms with E-state index in [1.165, 1.54) is 0 Å². The molecule has 0 atom stereocenters. The van der Waals surface area contributed by atoms with Crippen molar-refractivity contribution in [2.45, 2.75) is 30.8 Å². The molecule has 0 amide bonds. The molecule has 0 aromatic heterocycles. The molecule has 0 aromatic rings. The van der Waals surface area contributed by atoms with Crippen molar-refractivity contribution < 1.29 is 49.4 Å². The van der Waals surface area contributed by atoms with Crippen LogP contribution < -0.4 is 0 Å². The standard InChI is InChI=1S/C9H6F8O3/c1-4(2)5(19)20-9(16,17)8(14,15)7(12,13)6(10,11)3-18/h3H,1H2,2H3. The van der Waals surface area contributed by atoms with Gasteiger partial charge >= 0.3 is 29.8 Å². The van der Waals surface area contributed by atoms with Crippen molar-refractivity contribution in [1.29, 1.82) is 0 Å². The van der Waals surface area contributed by atoms with Crippen LogP contribution in [0.1, 0.15) is 6.92 Å². The van der Waals surface area contributed by atoms with Crippen molar-refractivity contribution in [2.24, 2.45) is 0 Å². The fraction of sp³-hybridized carbons (Fsp3) is 0.556. The van der Waals surface area contributed by atoms with E-state index in [1.54, 1.807) is 0 Å². The summed E-state index contributed by atoms with van der Waals surface area (Å²) in [5, 5.41) is 0. The summed E-state index contributed by atoms with van der Waals surface area (Å²) in [6, 6.07) is 0. The topological polar surface area (TPSA) is 43.4 Å². The third-order valence-electron chi connectivity index (χ3n) is 1.90. The number of hydrogen-bond acceptors (Lipinski definition) is 3. The summed E-state index contributed by atoms with van der Waals surface area (Å²) >= 11 is 0. The van der Waals surface area contributed by atoms with E-state index < -0.39 is 41.7 Å². The van der Waals surface area contributed by atoms with Gasteiger partial charge in [-0.1, -0.05) is 6.58 Å². The molecule has 0 aliphatic carbocycles. The van der Waals surface area contributed by atoms with Crippen LogP contribution in [0.4, 0.5) is 35.1 Å². The number of carbonyl (C=O) groups excluding carboxylic acids is 2. The number of aldehydes is 1. The number of ether oxygens (including phenoxy) is 1. The van der Waals surface area contributed by atoms with Crippen molar-refractivity contribution in [3.63, 3.8) is 0 Å². The van der Waals surface area contributed by atoms with Crippen molar-refractivity contribution in [3.05, 3.63) is 12.2 Å². The first-order valence-corrected chi connectivity index (χ1v) is 4.50. The Hall–Kier alpha value is -1.68. The SMILES string of the molecule is C=C(C)C(=O)OC(F)(F)C(F)(F)C(F)(F)C(F)(F)C=O. The second-order valence-electron chi connectivity index (χ2n) is 3.58. The number of rotatable bonds is 6. The molecule has 0 heterocycles. The molecular weight excluding hydrogens is 308 g/mol. The lowest BCUT2D eigenvalue weighted by molar-refractivity contribution is -0.408.